The molecule has 0 amide bonds. The zero-order chi connectivity index (χ0) is 13.4. The Morgan fingerprint density at radius 1 is 1.22 bits per heavy atom. The number of nitrogens with two attached hydrogens (primary N) is 1. The summed E-state index contributed by atoms with van der Waals surface area (Å²) in [7, 11) is 1.61. The minimum absolute atomic E-state index is 0.199. The zero-order valence-corrected chi connectivity index (χ0v) is 10.8. The Morgan fingerprint density at radius 2 is 1.94 bits per heavy atom. The number of hydrogen-bond donors (Lipinski definition) is 1. The summed E-state index contributed by atoms with van der Waals surface area (Å²) < 4.78 is 28.7. The molecule has 1 rings (SSSR count). The van der Waals surface area contributed by atoms with E-state index in [0.29, 0.717) is 32.2 Å². The second-order valence-electron chi connectivity index (χ2n) is 3.92. The maximum Gasteiger partial charge on any atom is 0.127 e. The fraction of sp³-hybridized carbons (Fsp3) is 0.538. The summed E-state index contributed by atoms with van der Waals surface area (Å²) in [5.74, 6) is 0.134. The molecule has 1 aromatic rings. The number of benzene rings is 1. The Morgan fingerprint density at radius 3 is 2.61 bits per heavy atom. The second-order valence-corrected chi connectivity index (χ2v) is 3.92. The van der Waals surface area contributed by atoms with Crippen LogP contribution in [0.4, 0.5) is 4.39 Å². The Balaban J connectivity index is 2.43. The minimum atomic E-state index is -0.338. The number of hydrogen-bond acceptors (Lipinski definition) is 4. The summed E-state index contributed by atoms with van der Waals surface area (Å²) in [4.78, 5) is 0. The van der Waals surface area contributed by atoms with Crippen LogP contribution in [0.25, 0.3) is 0 Å². The first kappa shape index (κ1) is 14.9. The molecular formula is C13H20FNO3. The van der Waals surface area contributed by atoms with Gasteiger partial charge in [0, 0.05) is 24.8 Å². The van der Waals surface area contributed by atoms with E-state index in [1.54, 1.807) is 13.2 Å². The number of rotatable bonds is 8. The molecule has 2 N–H and O–H groups in total. The second kappa shape index (κ2) is 8.02. The molecule has 0 aliphatic rings. The molecule has 4 nitrogen and oxygen atoms in total. The van der Waals surface area contributed by atoms with Crippen LogP contribution in [0.5, 0.6) is 5.75 Å². The lowest BCUT2D eigenvalue weighted by Crippen LogP contribution is -2.13. The van der Waals surface area contributed by atoms with E-state index in [1.807, 2.05) is 6.92 Å². The average molecular weight is 257 g/mol. The highest BCUT2D eigenvalue weighted by atomic mass is 19.1. The fourth-order valence-electron chi connectivity index (χ4n) is 1.46. The standard InChI is InChI=1S/C13H20FNO3/c1-10(15)12-4-3-11(14)9-13(12)18-8-7-17-6-5-16-2/h3-4,9-10H,5-8,15H2,1-2H3. The van der Waals surface area contributed by atoms with Crippen molar-refractivity contribution in [3.8, 4) is 5.75 Å². The van der Waals surface area contributed by atoms with Crippen LogP contribution >= 0.6 is 0 Å². The number of methoxy groups -OCH3 is 1. The van der Waals surface area contributed by atoms with Gasteiger partial charge in [-0.1, -0.05) is 6.07 Å². The summed E-state index contributed by atoms with van der Waals surface area (Å²) in [6.45, 7) is 3.68. The van der Waals surface area contributed by atoms with E-state index in [4.69, 9.17) is 19.9 Å². The largest absolute Gasteiger partial charge is 0.491 e. The highest BCUT2D eigenvalue weighted by Crippen LogP contribution is 2.24. The molecule has 0 saturated carbocycles. The van der Waals surface area contributed by atoms with Crippen LogP contribution in [0.1, 0.15) is 18.5 Å². The normalized spacial score (nSPS) is 12.4. The van der Waals surface area contributed by atoms with Crippen LogP contribution in [0.2, 0.25) is 0 Å². The van der Waals surface area contributed by atoms with Crippen molar-refractivity contribution >= 4 is 0 Å². The molecule has 102 valence electrons. The molecule has 1 unspecified atom stereocenters. The van der Waals surface area contributed by atoms with Crippen molar-refractivity contribution in [2.45, 2.75) is 13.0 Å². The molecule has 0 aliphatic carbocycles. The summed E-state index contributed by atoms with van der Waals surface area (Å²) in [6.07, 6.45) is 0. The third-order valence-electron chi connectivity index (χ3n) is 2.38. The lowest BCUT2D eigenvalue weighted by Gasteiger charge is -2.14. The summed E-state index contributed by atoms with van der Waals surface area (Å²) in [5, 5.41) is 0. The molecule has 1 aromatic carbocycles. The van der Waals surface area contributed by atoms with Gasteiger partial charge in [0.15, 0.2) is 0 Å². The predicted octanol–water partition coefficient (Wildman–Crippen LogP) is 1.89. The van der Waals surface area contributed by atoms with Gasteiger partial charge in [0.25, 0.3) is 0 Å². The Bertz CT molecular complexity index is 358. The van der Waals surface area contributed by atoms with E-state index in [0.717, 1.165) is 5.56 Å². The van der Waals surface area contributed by atoms with Crippen LogP contribution < -0.4 is 10.5 Å². The maximum atomic E-state index is 13.1. The average Bonchev–Trinajstić information content (AvgIpc) is 2.33. The van der Waals surface area contributed by atoms with Crippen LogP contribution in [0, 0.1) is 5.82 Å². The highest BCUT2D eigenvalue weighted by molar-refractivity contribution is 5.36. The van der Waals surface area contributed by atoms with E-state index in [2.05, 4.69) is 0 Å². The Labute approximate surface area is 107 Å². The molecule has 1 atom stereocenters. The molecule has 5 heteroatoms. The number of halogens is 1. The predicted molar refractivity (Wildman–Crippen MR) is 67.2 cm³/mol. The van der Waals surface area contributed by atoms with Gasteiger partial charge in [-0.05, 0) is 13.0 Å². The SMILES string of the molecule is COCCOCCOc1cc(F)ccc1C(C)N. The van der Waals surface area contributed by atoms with Gasteiger partial charge in [-0.15, -0.1) is 0 Å². The first-order valence-electron chi connectivity index (χ1n) is 5.89. The maximum absolute atomic E-state index is 13.1. The van der Waals surface area contributed by atoms with Crippen molar-refractivity contribution in [1.29, 1.82) is 0 Å². The molecule has 0 heterocycles. The zero-order valence-electron chi connectivity index (χ0n) is 10.8. The van der Waals surface area contributed by atoms with Crippen molar-refractivity contribution in [3.05, 3.63) is 29.6 Å². The van der Waals surface area contributed by atoms with Crippen LogP contribution in [-0.2, 0) is 9.47 Å². The first-order valence-corrected chi connectivity index (χ1v) is 5.89. The smallest absolute Gasteiger partial charge is 0.127 e. The van der Waals surface area contributed by atoms with Gasteiger partial charge in [0.2, 0.25) is 0 Å². The van der Waals surface area contributed by atoms with Gasteiger partial charge >= 0.3 is 0 Å². The van der Waals surface area contributed by atoms with E-state index in [-0.39, 0.29) is 11.9 Å². The topological polar surface area (TPSA) is 53.7 Å². The molecule has 0 spiro atoms. The van der Waals surface area contributed by atoms with Gasteiger partial charge in [-0.25, -0.2) is 4.39 Å². The Kier molecular flexibility index (Phi) is 6.64. The molecule has 0 radical (unpaired) electrons. The van der Waals surface area contributed by atoms with E-state index >= 15 is 0 Å². The molecule has 0 aliphatic heterocycles. The summed E-state index contributed by atoms with van der Waals surface area (Å²) >= 11 is 0. The van der Waals surface area contributed by atoms with Gasteiger partial charge < -0.3 is 19.9 Å². The molecule has 0 bridgehead atoms. The van der Waals surface area contributed by atoms with Crippen molar-refractivity contribution in [2.24, 2.45) is 5.73 Å². The van der Waals surface area contributed by atoms with Gasteiger partial charge in [-0.3, -0.25) is 0 Å². The summed E-state index contributed by atoms with van der Waals surface area (Å²) in [5.41, 5.74) is 6.57. The first-order chi connectivity index (χ1) is 8.65. The monoisotopic (exact) mass is 257 g/mol. The van der Waals surface area contributed by atoms with E-state index < -0.39 is 0 Å². The van der Waals surface area contributed by atoms with Crippen LogP contribution in [-0.4, -0.2) is 33.5 Å². The summed E-state index contributed by atoms with van der Waals surface area (Å²) in [6, 6.07) is 4.16. The Hall–Kier alpha value is -1.17. The van der Waals surface area contributed by atoms with Crippen molar-refractivity contribution in [3.63, 3.8) is 0 Å². The third-order valence-corrected chi connectivity index (χ3v) is 2.38. The third kappa shape index (κ3) is 5.00. The van der Waals surface area contributed by atoms with Gasteiger partial charge in [-0.2, -0.15) is 0 Å². The van der Waals surface area contributed by atoms with Crippen molar-refractivity contribution in [1.82, 2.24) is 0 Å². The van der Waals surface area contributed by atoms with Crippen molar-refractivity contribution < 1.29 is 18.6 Å². The molecule has 18 heavy (non-hydrogen) atoms. The van der Waals surface area contributed by atoms with Crippen LogP contribution in [0.15, 0.2) is 18.2 Å². The van der Waals surface area contributed by atoms with Gasteiger partial charge in [0.1, 0.15) is 18.2 Å². The number of ether oxygens (including phenoxy) is 3. The fourth-order valence-corrected chi connectivity index (χ4v) is 1.46. The molecule has 0 aromatic heterocycles. The van der Waals surface area contributed by atoms with Crippen LogP contribution in [0.3, 0.4) is 0 Å². The lowest BCUT2D eigenvalue weighted by molar-refractivity contribution is 0.0542. The highest BCUT2D eigenvalue weighted by Gasteiger charge is 2.09. The molecular weight excluding hydrogens is 237 g/mol. The minimum Gasteiger partial charge on any atom is -0.491 e. The van der Waals surface area contributed by atoms with Gasteiger partial charge in [0.05, 0.1) is 19.8 Å². The lowest BCUT2D eigenvalue weighted by atomic mass is 10.1. The van der Waals surface area contributed by atoms with Crippen molar-refractivity contribution in [2.75, 3.05) is 33.5 Å². The quantitative estimate of drug-likeness (QED) is 0.722. The van der Waals surface area contributed by atoms with E-state index in [1.165, 1.54) is 12.1 Å². The van der Waals surface area contributed by atoms with E-state index in [9.17, 15) is 4.39 Å². The molecule has 0 fully saturated rings. The molecule has 0 saturated heterocycles.